The lowest BCUT2D eigenvalue weighted by atomic mass is 9.98. The van der Waals surface area contributed by atoms with Gasteiger partial charge in [-0.15, -0.1) is 5.10 Å². The zero-order chi connectivity index (χ0) is 15.2. The second-order valence-electron chi connectivity index (χ2n) is 5.22. The molecule has 1 heterocycles. The molecule has 1 aromatic carbocycles. The highest BCUT2D eigenvalue weighted by Gasteiger charge is 2.20. The molecule has 1 unspecified atom stereocenters. The van der Waals surface area contributed by atoms with E-state index in [0.717, 1.165) is 42.2 Å². The van der Waals surface area contributed by atoms with Crippen molar-refractivity contribution >= 4 is 11.6 Å². The highest BCUT2D eigenvalue weighted by atomic mass is 35.5. The minimum absolute atomic E-state index is 0.0743. The first kappa shape index (κ1) is 16.0. The van der Waals surface area contributed by atoms with Crippen molar-refractivity contribution in [3.05, 3.63) is 46.2 Å². The van der Waals surface area contributed by atoms with Gasteiger partial charge in [0.1, 0.15) is 0 Å². The maximum Gasteiger partial charge on any atom is 0.0802 e. The van der Waals surface area contributed by atoms with Gasteiger partial charge in [-0.25, -0.2) is 4.68 Å². The Morgan fingerprint density at radius 3 is 2.81 bits per heavy atom. The number of hydrogen-bond acceptors (Lipinski definition) is 3. The van der Waals surface area contributed by atoms with Gasteiger partial charge in [0, 0.05) is 11.6 Å². The van der Waals surface area contributed by atoms with Gasteiger partial charge in [-0.3, -0.25) is 0 Å². The van der Waals surface area contributed by atoms with Crippen LogP contribution in [0.5, 0.6) is 0 Å². The van der Waals surface area contributed by atoms with E-state index in [0.29, 0.717) is 0 Å². The van der Waals surface area contributed by atoms with E-state index in [1.54, 1.807) is 0 Å². The number of nitrogens with one attached hydrogen (secondary N) is 1. The molecule has 0 saturated carbocycles. The lowest BCUT2D eigenvalue weighted by Gasteiger charge is -2.22. The molecule has 0 spiro atoms. The summed E-state index contributed by atoms with van der Waals surface area (Å²) in [6.45, 7) is 8.18. The van der Waals surface area contributed by atoms with Crippen molar-refractivity contribution in [3.8, 4) is 0 Å². The van der Waals surface area contributed by atoms with Gasteiger partial charge in [-0.05, 0) is 43.5 Å². The predicted molar refractivity (Wildman–Crippen MR) is 86.6 cm³/mol. The summed E-state index contributed by atoms with van der Waals surface area (Å²) in [5, 5.41) is 12.7. The zero-order valence-electron chi connectivity index (χ0n) is 12.9. The molecule has 1 atom stereocenters. The van der Waals surface area contributed by atoms with Gasteiger partial charge in [-0.1, -0.05) is 42.8 Å². The summed E-state index contributed by atoms with van der Waals surface area (Å²) in [5.74, 6) is 0. The molecule has 0 aliphatic heterocycles. The molecule has 5 heteroatoms. The van der Waals surface area contributed by atoms with Gasteiger partial charge in [0.25, 0.3) is 0 Å². The largest absolute Gasteiger partial charge is 0.305 e. The summed E-state index contributed by atoms with van der Waals surface area (Å²) in [4.78, 5) is 0. The third-order valence-corrected chi connectivity index (χ3v) is 4.01. The quantitative estimate of drug-likeness (QED) is 0.847. The molecule has 2 aromatic rings. The molecule has 0 amide bonds. The van der Waals surface area contributed by atoms with Crippen LogP contribution in [-0.4, -0.2) is 21.5 Å². The van der Waals surface area contributed by atoms with Gasteiger partial charge < -0.3 is 5.32 Å². The van der Waals surface area contributed by atoms with E-state index in [-0.39, 0.29) is 6.04 Å². The fourth-order valence-corrected chi connectivity index (χ4v) is 2.66. The van der Waals surface area contributed by atoms with Crippen molar-refractivity contribution in [3.63, 3.8) is 0 Å². The van der Waals surface area contributed by atoms with Gasteiger partial charge in [0.15, 0.2) is 0 Å². The lowest BCUT2D eigenvalue weighted by Crippen LogP contribution is -2.26. The van der Waals surface area contributed by atoms with Gasteiger partial charge in [-0.2, -0.15) is 0 Å². The molecule has 0 bridgehead atoms. The normalized spacial score (nSPS) is 12.6. The van der Waals surface area contributed by atoms with Crippen LogP contribution in [0.15, 0.2) is 24.4 Å². The maximum absolute atomic E-state index is 6.29. The highest BCUT2D eigenvalue weighted by Crippen LogP contribution is 2.28. The Hall–Kier alpha value is -1.39. The van der Waals surface area contributed by atoms with Crippen molar-refractivity contribution in [1.29, 1.82) is 0 Å². The van der Waals surface area contributed by atoms with E-state index < -0.39 is 0 Å². The first-order valence-corrected chi connectivity index (χ1v) is 7.93. The highest BCUT2D eigenvalue weighted by molar-refractivity contribution is 6.31. The van der Waals surface area contributed by atoms with Crippen LogP contribution in [0, 0.1) is 6.92 Å². The van der Waals surface area contributed by atoms with Crippen LogP contribution in [0.3, 0.4) is 0 Å². The van der Waals surface area contributed by atoms with Crippen LogP contribution in [0.1, 0.15) is 49.6 Å². The van der Waals surface area contributed by atoms with Crippen LogP contribution in [0.4, 0.5) is 0 Å². The van der Waals surface area contributed by atoms with Crippen LogP contribution >= 0.6 is 11.6 Å². The Bertz CT molecular complexity index is 579. The fraction of sp³-hybridized carbons (Fsp3) is 0.500. The molecular formula is C16H23ClN4. The molecule has 0 radical (unpaired) electrons. The third kappa shape index (κ3) is 3.63. The second-order valence-corrected chi connectivity index (χ2v) is 5.63. The van der Waals surface area contributed by atoms with E-state index >= 15 is 0 Å². The molecule has 2 rings (SSSR count). The van der Waals surface area contributed by atoms with Crippen LogP contribution in [0.2, 0.25) is 5.02 Å². The average Bonchev–Trinajstić information content (AvgIpc) is 2.92. The molecule has 1 N–H and O–H groups in total. The number of halogens is 1. The molecule has 0 aliphatic carbocycles. The average molecular weight is 307 g/mol. The summed E-state index contributed by atoms with van der Waals surface area (Å²) in [7, 11) is 0. The van der Waals surface area contributed by atoms with Crippen molar-refractivity contribution in [2.45, 2.75) is 46.2 Å². The predicted octanol–water partition coefficient (Wildman–Crippen LogP) is 3.74. The molecule has 0 saturated heterocycles. The van der Waals surface area contributed by atoms with E-state index in [2.05, 4.69) is 42.5 Å². The molecule has 4 nitrogen and oxygen atoms in total. The van der Waals surface area contributed by atoms with Crippen molar-refractivity contribution < 1.29 is 0 Å². The molecule has 0 fully saturated rings. The molecule has 114 valence electrons. The number of benzene rings is 1. The Balaban J connectivity index is 2.42. The number of rotatable bonds is 7. The maximum atomic E-state index is 6.29. The number of aromatic nitrogens is 3. The van der Waals surface area contributed by atoms with Crippen LogP contribution in [0.25, 0.3) is 0 Å². The first-order chi connectivity index (χ1) is 10.2. The van der Waals surface area contributed by atoms with Gasteiger partial charge >= 0.3 is 0 Å². The van der Waals surface area contributed by atoms with Gasteiger partial charge in [0.05, 0.1) is 17.9 Å². The first-order valence-electron chi connectivity index (χ1n) is 7.55. The number of aryl methyl sites for hydroxylation is 1. The van der Waals surface area contributed by atoms with Crippen LogP contribution in [-0.2, 0) is 6.54 Å². The Morgan fingerprint density at radius 1 is 1.29 bits per heavy atom. The fourth-order valence-electron chi connectivity index (χ4n) is 2.47. The van der Waals surface area contributed by atoms with E-state index in [9.17, 15) is 0 Å². The SMILES string of the molecule is CCCNC(c1cccc(Cl)c1C)c1cnnn1CCC. The molecule has 21 heavy (non-hydrogen) atoms. The lowest BCUT2D eigenvalue weighted by molar-refractivity contribution is 0.503. The zero-order valence-corrected chi connectivity index (χ0v) is 13.7. The summed E-state index contributed by atoms with van der Waals surface area (Å²) in [6, 6.07) is 6.13. The Labute approximate surface area is 131 Å². The molecule has 1 aromatic heterocycles. The summed E-state index contributed by atoms with van der Waals surface area (Å²) in [5.41, 5.74) is 3.39. The van der Waals surface area contributed by atoms with E-state index in [1.165, 1.54) is 5.56 Å². The number of nitrogens with zero attached hydrogens (tertiary/aromatic N) is 3. The topological polar surface area (TPSA) is 42.7 Å². The minimum atomic E-state index is 0.0743. The molecule has 0 aliphatic rings. The summed E-state index contributed by atoms with van der Waals surface area (Å²) >= 11 is 6.29. The van der Waals surface area contributed by atoms with Gasteiger partial charge in [0.2, 0.25) is 0 Å². The van der Waals surface area contributed by atoms with Crippen LogP contribution < -0.4 is 5.32 Å². The Morgan fingerprint density at radius 2 is 2.10 bits per heavy atom. The minimum Gasteiger partial charge on any atom is -0.305 e. The molecular weight excluding hydrogens is 284 g/mol. The van der Waals surface area contributed by atoms with E-state index in [4.69, 9.17) is 11.6 Å². The monoisotopic (exact) mass is 306 g/mol. The standard InChI is InChI=1S/C16H23ClN4/c1-4-9-18-16(13-7-6-8-14(17)12(13)3)15-11-19-20-21(15)10-5-2/h6-8,11,16,18H,4-5,9-10H2,1-3H3. The van der Waals surface area contributed by atoms with Crippen molar-refractivity contribution in [2.75, 3.05) is 6.54 Å². The second kappa shape index (κ2) is 7.57. The third-order valence-electron chi connectivity index (χ3n) is 3.60. The summed E-state index contributed by atoms with van der Waals surface area (Å²) in [6.07, 6.45) is 3.96. The summed E-state index contributed by atoms with van der Waals surface area (Å²) < 4.78 is 1.98. The van der Waals surface area contributed by atoms with Crippen molar-refractivity contribution in [1.82, 2.24) is 20.3 Å². The number of hydrogen-bond donors (Lipinski definition) is 1. The van der Waals surface area contributed by atoms with E-state index in [1.807, 2.05) is 23.0 Å². The van der Waals surface area contributed by atoms with Crippen molar-refractivity contribution in [2.24, 2.45) is 0 Å². The smallest absolute Gasteiger partial charge is 0.0802 e. The Kier molecular flexibility index (Phi) is 5.76.